The molecule has 0 saturated heterocycles. The Morgan fingerprint density at radius 1 is 1.28 bits per heavy atom. The Morgan fingerprint density at radius 3 is 2.68 bits per heavy atom. The largest absolute Gasteiger partial charge is 0.486 e. The number of H-pyrrole nitrogens is 1. The van der Waals surface area contributed by atoms with Crippen LogP contribution in [0, 0.1) is 13.8 Å². The number of ether oxygens (including phenoxy) is 2. The van der Waals surface area contributed by atoms with Gasteiger partial charge < -0.3 is 14.4 Å². The standard InChI is InChI=1S/C19H25N3O3/c1-12-13(2)20-21-16(12)6-8-19(23)22(4)14(3)15-5-7-17-18(11-15)25-10-9-24-17/h5,7,11,14H,6,8-10H2,1-4H3,(H,20,21). The van der Waals surface area contributed by atoms with Crippen molar-refractivity contribution >= 4 is 5.91 Å². The first-order valence-corrected chi connectivity index (χ1v) is 8.63. The number of carbonyl (C=O) groups excluding carboxylic acids is 1. The van der Waals surface area contributed by atoms with Crippen LogP contribution in [0.2, 0.25) is 0 Å². The lowest BCUT2D eigenvalue weighted by Crippen LogP contribution is -2.30. The van der Waals surface area contributed by atoms with Crippen LogP contribution in [0.15, 0.2) is 18.2 Å². The summed E-state index contributed by atoms with van der Waals surface area (Å²) in [4.78, 5) is 14.3. The molecular weight excluding hydrogens is 318 g/mol. The molecule has 6 nitrogen and oxygen atoms in total. The van der Waals surface area contributed by atoms with Crippen LogP contribution in [-0.2, 0) is 11.2 Å². The molecule has 6 heteroatoms. The van der Waals surface area contributed by atoms with Gasteiger partial charge in [0.2, 0.25) is 5.91 Å². The fraction of sp³-hybridized carbons (Fsp3) is 0.474. The Labute approximate surface area is 148 Å². The fourth-order valence-corrected chi connectivity index (χ4v) is 2.94. The Hall–Kier alpha value is -2.50. The maximum absolute atomic E-state index is 12.6. The number of hydrogen-bond donors (Lipinski definition) is 1. The van der Waals surface area contributed by atoms with E-state index in [4.69, 9.17) is 9.47 Å². The minimum absolute atomic E-state index is 0.0367. The third-order valence-electron chi connectivity index (χ3n) is 4.95. The number of nitrogens with zero attached hydrogens (tertiary/aromatic N) is 2. The summed E-state index contributed by atoms with van der Waals surface area (Å²) in [5.74, 6) is 1.61. The van der Waals surface area contributed by atoms with Crippen molar-refractivity contribution in [1.82, 2.24) is 15.1 Å². The highest BCUT2D eigenvalue weighted by Crippen LogP contribution is 2.33. The van der Waals surface area contributed by atoms with Gasteiger partial charge in [0.15, 0.2) is 11.5 Å². The highest BCUT2D eigenvalue weighted by Gasteiger charge is 2.20. The van der Waals surface area contributed by atoms with Crippen LogP contribution in [0.5, 0.6) is 11.5 Å². The smallest absolute Gasteiger partial charge is 0.223 e. The summed E-state index contributed by atoms with van der Waals surface area (Å²) in [7, 11) is 1.84. The van der Waals surface area contributed by atoms with Gasteiger partial charge in [-0.05, 0) is 44.0 Å². The van der Waals surface area contributed by atoms with Gasteiger partial charge in [0.05, 0.1) is 11.7 Å². The molecule has 1 N–H and O–H groups in total. The fourth-order valence-electron chi connectivity index (χ4n) is 2.94. The second-order valence-corrected chi connectivity index (χ2v) is 6.50. The summed E-state index contributed by atoms with van der Waals surface area (Å²) >= 11 is 0. The Morgan fingerprint density at radius 2 is 2.00 bits per heavy atom. The third-order valence-corrected chi connectivity index (χ3v) is 4.95. The zero-order valence-electron chi connectivity index (χ0n) is 15.3. The molecule has 1 amide bonds. The summed E-state index contributed by atoms with van der Waals surface area (Å²) in [5, 5.41) is 7.24. The molecule has 0 radical (unpaired) electrons. The molecule has 1 aliphatic heterocycles. The number of aryl methyl sites for hydroxylation is 2. The van der Waals surface area contributed by atoms with Gasteiger partial charge in [-0.1, -0.05) is 6.07 Å². The maximum Gasteiger partial charge on any atom is 0.223 e. The summed E-state index contributed by atoms with van der Waals surface area (Å²) in [5.41, 5.74) is 4.19. The van der Waals surface area contributed by atoms with Crippen molar-refractivity contribution in [3.8, 4) is 11.5 Å². The average Bonchev–Trinajstić information content (AvgIpc) is 2.96. The molecule has 1 aromatic carbocycles. The van der Waals surface area contributed by atoms with Crippen LogP contribution in [0.3, 0.4) is 0 Å². The molecule has 2 aromatic rings. The lowest BCUT2D eigenvalue weighted by atomic mass is 10.1. The maximum atomic E-state index is 12.6. The van der Waals surface area contributed by atoms with Gasteiger partial charge in [-0.2, -0.15) is 5.10 Å². The molecule has 1 aliphatic rings. The Kier molecular flexibility index (Phi) is 4.97. The second kappa shape index (κ2) is 7.17. The van der Waals surface area contributed by atoms with Gasteiger partial charge in [-0.25, -0.2) is 0 Å². The van der Waals surface area contributed by atoms with Crippen molar-refractivity contribution < 1.29 is 14.3 Å². The van der Waals surface area contributed by atoms with Crippen molar-refractivity contribution in [3.63, 3.8) is 0 Å². The van der Waals surface area contributed by atoms with E-state index in [1.54, 1.807) is 4.90 Å². The first-order chi connectivity index (χ1) is 12.0. The zero-order chi connectivity index (χ0) is 18.0. The second-order valence-electron chi connectivity index (χ2n) is 6.50. The summed E-state index contributed by atoms with van der Waals surface area (Å²) in [6, 6.07) is 5.83. The number of aromatic amines is 1. The van der Waals surface area contributed by atoms with Crippen LogP contribution in [0.25, 0.3) is 0 Å². The van der Waals surface area contributed by atoms with Crippen molar-refractivity contribution in [2.24, 2.45) is 0 Å². The highest BCUT2D eigenvalue weighted by atomic mass is 16.6. The van der Waals surface area contributed by atoms with E-state index in [9.17, 15) is 4.79 Å². The van der Waals surface area contributed by atoms with E-state index >= 15 is 0 Å². The molecule has 3 rings (SSSR count). The topological polar surface area (TPSA) is 67.5 Å². The molecule has 1 atom stereocenters. The molecule has 134 valence electrons. The van der Waals surface area contributed by atoms with Crippen LogP contribution in [-0.4, -0.2) is 41.3 Å². The molecule has 1 unspecified atom stereocenters. The van der Waals surface area contributed by atoms with E-state index < -0.39 is 0 Å². The molecule has 0 saturated carbocycles. The zero-order valence-corrected chi connectivity index (χ0v) is 15.3. The Bertz CT molecular complexity index is 769. The molecule has 0 aliphatic carbocycles. The average molecular weight is 343 g/mol. The van der Waals surface area contributed by atoms with Gasteiger partial charge in [-0.3, -0.25) is 9.89 Å². The number of nitrogens with one attached hydrogen (secondary N) is 1. The van der Waals surface area contributed by atoms with E-state index in [-0.39, 0.29) is 11.9 Å². The van der Waals surface area contributed by atoms with E-state index in [1.165, 1.54) is 0 Å². The normalized spacial score (nSPS) is 14.2. The highest BCUT2D eigenvalue weighted by molar-refractivity contribution is 5.76. The van der Waals surface area contributed by atoms with Gasteiger partial charge in [-0.15, -0.1) is 0 Å². The van der Waals surface area contributed by atoms with Crippen molar-refractivity contribution in [1.29, 1.82) is 0 Å². The van der Waals surface area contributed by atoms with Crippen molar-refractivity contribution in [3.05, 3.63) is 40.7 Å². The molecule has 25 heavy (non-hydrogen) atoms. The summed E-state index contributed by atoms with van der Waals surface area (Å²) < 4.78 is 11.2. The number of carbonyl (C=O) groups is 1. The number of amides is 1. The third kappa shape index (κ3) is 3.62. The van der Waals surface area contributed by atoms with Gasteiger partial charge in [0.1, 0.15) is 13.2 Å². The predicted molar refractivity (Wildman–Crippen MR) is 95.0 cm³/mol. The number of aromatic nitrogens is 2. The van der Waals surface area contributed by atoms with E-state index in [0.29, 0.717) is 26.1 Å². The number of rotatable bonds is 5. The number of benzene rings is 1. The predicted octanol–water partition coefficient (Wildman–Crippen LogP) is 2.95. The molecule has 2 heterocycles. The first-order valence-electron chi connectivity index (χ1n) is 8.63. The molecular formula is C19H25N3O3. The van der Waals surface area contributed by atoms with Gasteiger partial charge >= 0.3 is 0 Å². The van der Waals surface area contributed by atoms with Gasteiger partial charge in [0.25, 0.3) is 0 Å². The number of hydrogen-bond acceptors (Lipinski definition) is 4. The lowest BCUT2D eigenvalue weighted by Gasteiger charge is -2.27. The van der Waals surface area contributed by atoms with E-state index in [0.717, 1.165) is 34.0 Å². The van der Waals surface area contributed by atoms with Gasteiger partial charge in [0, 0.05) is 25.6 Å². The minimum atomic E-state index is -0.0367. The van der Waals surface area contributed by atoms with Crippen LogP contribution in [0.1, 0.15) is 41.9 Å². The van der Waals surface area contributed by atoms with Crippen LogP contribution in [0.4, 0.5) is 0 Å². The monoisotopic (exact) mass is 343 g/mol. The quantitative estimate of drug-likeness (QED) is 0.906. The van der Waals surface area contributed by atoms with Crippen LogP contribution < -0.4 is 9.47 Å². The van der Waals surface area contributed by atoms with Crippen LogP contribution >= 0.6 is 0 Å². The van der Waals surface area contributed by atoms with Crippen molar-refractivity contribution in [2.45, 2.75) is 39.7 Å². The number of fused-ring (bicyclic) bond motifs is 1. The molecule has 0 fully saturated rings. The molecule has 0 bridgehead atoms. The summed E-state index contributed by atoms with van der Waals surface area (Å²) in [6.45, 7) is 7.17. The van der Waals surface area contributed by atoms with Crippen molar-refractivity contribution in [2.75, 3.05) is 20.3 Å². The first kappa shape index (κ1) is 17.3. The SMILES string of the molecule is Cc1[nH]nc(CCC(=O)N(C)C(C)c2ccc3c(c2)OCCO3)c1C. The lowest BCUT2D eigenvalue weighted by molar-refractivity contribution is -0.131. The molecule has 0 spiro atoms. The minimum Gasteiger partial charge on any atom is -0.486 e. The summed E-state index contributed by atoms with van der Waals surface area (Å²) in [6.07, 6.45) is 1.09. The molecule has 1 aromatic heterocycles. The van der Waals surface area contributed by atoms with E-state index in [2.05, 4.69) is 10.2 Å². The van der Waals surface area contributed by atoms with E-state index in [1.807, 2.05) is 46.0 Å². The Balaban J connectivity index is 1.64.